The number of aryl methyl sites for hydroxylation is 2. The Morgan fingerprint density at radius 2 is 1.85 bits per heavy atom. The third kappa shape index (κ3) is 3.27. The lowest BCUT2D eigenvalue weighted by Gasteiger charge is -2.03. The minimum Gasteiger partial charge on any atom is -0.466 e. The number of hydrazone groups is 1. The lowest BCUT2D eigenvalue weighted by molar-refractivity contribution is 0.0953. The van der Waals surface area contributed by atoms with Crippen LogP contribution in [-0.4, -0.2) is 16.5 Å². The lowest BCUT2D eigenvalue weighted by atomic mass is 10.1. The van der Waals surface area contributed by atoms with Gasteiger partial charge in [-0.15, -0.1) is 0 Å². The quantitative estimate of drug-likeness (QED) is 0.429. The van der Waals surface area contributed by atoms with Crippen molar-refractivity contribution in [1.82, 2.24) is 9.83 Å². The number of pyridine rings is 1. The Kier molecular flexibility index (Phi) is 4.34. The first-order valence-electron chi connectivity index (χ1n) is 8.69. The van der Waals surface area contributed by atoms with Crippen LogP contribution in [0, 0.1) is 13.8 Å². The number of carbonyl (C=O) groups excluding carboxylic acids is 1. The van der Waals surface area contributed by atoms with Gasteiger partial charge < -0.3 is 8.82 Å². The van der Waals surface area contributed by atoms with E-state index in [0.29, 0.717) is 17.1 Å². The van der Waals surface area contributed by atoms with Crippen molar-refractivity contribution in [3.05, 3.63) is 89.6 Å². The van der Waals surface area contributed by atoms with E-state index in [4.69, 9.17) is 4.42 Å². The highest BCUT2D eigenvalue weighted by atomic mass is 16.3. The van der Waals surface area contributed by atoms with Crippen LogP contribution < -0.4 is 5.43 Å². The van der Waals surface area contributed by atoms with Crippen LogP contribution in [-0.2, 0) is 0 Å². The number of amides is 1. The first-order valence-corrected chi connectivity index (χ1v) is 8.69. The molecule has 134 valence electrons. The summed E-state index contributed by atoms with van der Waals surface area (Å²) in [4.78, 5) is 12.3. The molecule has 0 radical (unpaired) electrons. The van der Waals surface area contributed by atoms with Crippen molar-refractivity contribution in [1.29, 1.82) is 0 Å². The number of nitrogens with one attached hydrogen (secondary N) is 1. The number of fused-ring (bicyclic) bond motifs is 1. The molecule has 0 unspecified atom stereocenters. The molecule has 27 heavy (non-hydrogen) atoms. The fraction of sp³-hybridized carbons (Fsp3) is 0.0909. The largest absolute Gasteiger partial charge is 0.466 e. The SMILES string of the molecule is Cc1cc(C(=O)NN=Cc2c(-c3ccccc3)cc3ccccn23)c(C)o1. The van der Waals surface area contributed by atoms with Gasteiger partial charge in [-0.25, -0.2) is 5.43 Å². The summed E-state index contributed by atoms with van der Waals surface area (Å²) in [6.07, 6.45) is 3.66. The van der Waals surface area contributed by atoms with Crippen LogP contribution in [0.3, 0.4) is 0 Å². The van der Waals surface area contributed by atoms with Crippen LogP contribution in [0.2, 0.25) is 0 Å². The minimum absolute atomic E-state index is 0.289. The Hall–Kier alpha value is -3.60. The molecule has 1 amide bonds. The molecule has 3 aromatic heterocycles. The van der Waals surface area contributed by atoms with Crippen molar-refractivity contribution >= 4 is 17.6 Å². The Bertz CT molecular complexity index is 1140. The van der Waals surface area contributed by atoms with E-state index in [2.05, 4.69) is 28.7 Å². The van der Waals surface area contributed by atoms with Crippen molar-refractivity contribution in [2.24, 2.45) is 5.10 Å². The molecule has 0 aliphatic heterocycles. The maximum Gasteiger partial charge on any atom is 0.274 e. The molecule has 5 heteroatoms. The number of carbonyl (C=O) groups is 1. The lowest BCUT2D eigenvalue weighted by Crippen LogP contribution is -2.18. The van der Waals surface area contributed by atoms with Gasteiger partial charge in [-0.1, -0.05) is 36.4 Å². The Morgan fingerprint density at radius 1 is 1.07 bits per heavy atom. The predicted molar refractivity (Wildman–Crippen MR) is 106 cm³/mol. The second-order valence-corrected chi connectivity index (χ2v) is 6.33. The normalized spacial score (nSPS) is 11.3. The number of nitrogens with zero attached hydrogens (tertiary/aromatic N) is 2. The number of furan rings is 1. The van der Waals surface area contributed by atoms with Crippen LogP contribution in [0.1, 0.15) is 27.6 Å². The molecule has 0 aliphatic rings. The van der Waals surface area contributed by atoms with E-state index in [-0.39, 0.29) is 5.91 Å². The molecule has 0 saturated carbocycles. The number of hydrogen-bond acceptors (Lipinski definition) is 3. The molecule has 0 spiro atoms. The first-order chi connectivity index (χ1) is 13.1. The van der Waals surface area contributed by atoms with Gasteiger partial charge in [0.05, 0.1) is 17.5 Å². The molecule has 4 aromatic rings. The standard InChI is InChI=1S/C22H19N3O2/c1-15-12-19(16(2)27-15)22(26)24-23-14-21-20(17-8-4-3-5-9-17)13-18-10-6-7-11-25(18)21/h3-14H,1-2H3,(H,24,26). The summed E-state index contributed by atoms with van der Waals surface area (Å²) >= 11 is 0. The smallest absolute Gasteiger partial charge is 0.274 e. The average molecular weight is 357 g/mol. The molecular weight excluding hydrogens is 338 g/mol. The van der Waals surface area contributed by atoms with Crippen molar-refractivity contribution in [2.45, 2.75) is 13.8 Å². The fourth-order valence-electron chi connectivity index (χ4n) is 3.19. The van der Waals surface area contributed by atoms with Gasteiger partial charge in [0.1, 0.15) is 11.5 Å². The van der Waals surface area contributed by atoms with Gasteiger partial charge in [-0.2, -0.15) is 5.10 Å². The van der Waals surface area contributed by atoms with E-state index in [1.165, 1.54) is 0 Å². The predicted octanol–water partition coefficient (Wildman–Crippen LogP) is 4.58. The molecule has 5 nitrogen and oxygen atoms in total. The van der Waals surface area contributed by atoms with Gasteiger partial charge >= 0.3 is 0 Å². The number of hydrogen-bond donors (Lipinski definition) is 1. The summed E-state index contributed by atoms with van der Waals surface area (Å²) in [5, 5.41) is 4.19. The van der Waals surface area contributed by atoms with Gasteiger partial charge in [0.25, 0.3) is 5.91 Å². The van der Waals surface area contributed by atoms with Crippen LogP contribution >= 0.6 is 0 Å². The monoisotopic (exact) mass is 357 g/mol. The number of benzene rings is 1. The molecular formula is C22H19N3O2. The minimum atomic E-state index is -0.289. The van der Waals surface area contributed by atoms with Crippen LogP contribution in [0.5, 0.6) is 0 Å². The van der Waals surface area contributed by atoms with E-state index in [1.54, 1.807) is 19.2 Å². The fourth-order valence-corrected chi connectivity index (χ4v) is 3.19. The summed E-state index contributed by atoms with van der Waals surface area (Å²) in [7, 11) is 0. The maximum atomic E-state index is 12.3. The molecule has 1 N–H and O–H groups in total. The molecule has 3 heterocycles. The molecule has 0 bridgehead atoms. The Balaban J connectivity index is 1.68. The Labute approximate surface area is 156 Å². The van der Waals surface area contributed by atoms with E-state index in [9.17, 15) is 4.79 Å². The zero-order chi connectivity index (χ0) is 18.8. The van der Waals surface area contributed by atoms with Gasteiger partial charge in [0.2, 0.25) is 0 Å². The van der Waals surface area contributed by atoms with E-state index in [0.717, 1.165) is 22.3 Å². The first kappa shape index (κ1) is 16.8. The van der Waals surface area contributed by atoms with Crippen LogP contribution in [0.15, 0.2) is 76.4 Å². The van der Waals surface area contributed by atoms with Crippen molar-refractivity contribution in [2.75, 3.05) is 0 Å². The van der Waals surface area contributed by atoms with Crippen LogP contribution in [0.25, 0.3) is 16.6 Å². The van der Waals surface area contributed by atoms with Gasteiger partial charge in [0, 0.05) is 17.3 Å². The van der Waals surface area contributed by atoms with Crippen molar-refractivity contribution in [3.8, 4) is 11.1 Å². The molecule has 0 atom stereocenters. The van der Waals surface area contributed by atoms with Crippen molar-refractivity contribution in [3.63, 3.8) is 0 Å². The van der Waals surface area contributed by atoms with Crippen LogP contribution in [0.4, 0.5) is 0 Å². The molecule has 1 aromatic carbocycles. The summed E-state index contributed by atoms with van der Waals surface area (Å²) in [6.45, 7) is 3.58. The average Bonchev–Trinajstić information content (AvgIpc) is 3.22. The summed E-state index contributed by atoms with van der Waals surface area (Å²) < 4.78 is 7.45. The van der Waals surface area contributed by atoms with E-state index >= 15 is 0 Å². The third-order valence-electron chi connectivity index (χ3n) is 4.44. The highest BCUT2D eigenvalue weighted by Gasteiger charge is 2.13. The van der Waals surface area contributed by atoms with Crippen molar-refractivity contribution < 1.29 is 9.21 Å². The number of aromatic nitrogens is 1. The van der Waals surface area contributed by atoms with E-state index < -0.39 is 0 Å². The maximum absolute atomic E-state index is 12.3. The van der Waals surface area contributed by atoms with Gasteiger partial charge in [-0.05, 0) is 43.7 Å². The van der Waals surface area contributed by atoms with E-state index in [1.807, 2.05) is 53.9 Å². The topological polar surface area (TPSA) is 59.0 Å². The Morgan fingerprint density at radius 3 is 2.59 bits per heavy atom. The third-order valence-corrected chi connectivity index (χ3v) is 4.44. The zero-order valence-electron chi connectivity index (χ0n) is 15.1. The summed E-state index contributed by atoms with van der Waals surface area (Å²) in [5.41, 5.74) is 7.19. The molecule has 4 rings (SSSR count). The summed E-state index contributed by atoms with van der Waals surface area (Å²) in [6, 6.07) is 19.9. The molecule has 0 aliphatic carbocycles. The number of rotatable bonds is 4. The van der Waals surface area contributed by atoms with Gasteiger partial charge in [-0.3, -0.25) is 4.79 Å². The molecule has 0 fully saturated rings. The second kappa shape index (κ2) is 6.96. The second-order valence-electron chi connectivity index (χ2n) is 6.33. The molecule has 0 saturated heterocycles. The van der Waals surface area contributed by atoms with Gasteiger partial charge in [0.15, 0.2) is 0 Å². The summed E-state index contributed by atoms with van der Waals surface area (Å²) in [5.74, 6) is 0.992. The highest BCUT2D eigenvalue weighted by Crippen LogP contribution is 2.26. The zero-order valence-corrected chi connectivity index (χ0v) is 15.1. The highest BCUT2D eigenvalue weighted by molar-refractivity contribution is 5.97.